The lowest BCUT2D eigenvalue weighted by atomic mass is 10.0. The Kier molecular flexibility index (Phi) is 10.5. The third kappa shape index (κ3) is 7.19. The number of rotatable bonds is 10. The van der Waals surface area contributed by atoms with E-state index in [1.54, 1.807) is 9.80 Å². The molecule has 4 amide bonds. The Labute approximate surface area is 302 Å². The van der Waals surface area contributed by atoms with Gasteiger partial charge >= 0.3 is 12.2 Å². The largest absolute Gasteiger partial charge is 0.465 e. The number of H-pyrrole nitrogens is 2. The summed E-state index contributed by atoms with van der Waals surface area (Å²) >= 11 is 0. The number of imidazole rings is 2. The molecule has 14 nitrogen and oxygen atoms in total. The summed E-state index contributed by atoms with van der Waals surface area (Å²) in [5.41, 5.74) is 3.40. The Morgan fingerprint density at radius 1 is 0.827 bits per heavy atom. The number of nitrogens with zero attached hydrogens (tertiary/aromatic N) is 5. The fourth-order valence-corrected chi connectivity index (χ4v) is 7.57. The van der Waals surface area contributed by atoms with E-state index in [1.807, 2.05) is 58.3 Å². The Balaban J connectivity index is 1.17. The Morgan fingerprint density at radius 2 is 1.33 bits per heavy atom. The van der Waals surface area contributed by atoms with Crippen LogP contribution >= 0.6 is 0 Å². The van der Waals surface area contributed by atoms with Crippen molar-refractivity contribution in [3.8, 4) is 22.5 Å². The molecule has 0 aliphatic carbocycles. The highest BCUT2D eigenvalue weighted by molar-refractivity contribution is 5.90. The fourth-order valence-electron chi connectivity index (χ4n) is 7.57. The second kappa shape index (κ2) is 15.1. The maximum atomic E-state index is 13.6. The first-order valence-corrected chi connectivity index (χ1v) is 17.9. The minimum Gasteiger partial charge on any atom is -0.465 e. The van der Waals surface area contributed by atoms with Crippen molar-refractivity contribution >= 4 is 34.8 Å². The molecule has 2 aromatic carbocycles. The maximum Gasteiger partial charge on any atom is 0.407 e. The van der Waals surface area contributed by atoms with Crippen molar-refractivity contribution < 1.29 is 29.0 Å². The van der Waals surface area contributed by atoms with Gasteiger partial charge in [-0.05, 0) is 60.4 Å². The van der Waals surface area contributed by atoms with Crippen LogP contribution < -0.4 is 5.32 Å². The van der Waals surface area contributed by atoms with Crippen molar-refractivity contribution in [2.24, 2.45) is 11.8 Å². The van der Waals surface area contributed by atoms with E-state index in [0.29, 0.717) is 24.7 Å². The molecular weight excluding hydrogens is 664 g/mol. The van der Waals surface area contributed by atoms with Crippen LogP contribution in [0.5, 0.6) is 0 Å². The number of carbonyl (C=O) groups is 4. The molecule has 2 fully saturated rings. The van der Waals surface area contributed by atoms with Gasteiger partial charge in [0.05, 0.1) is 30.6 Å². The zero-order valence-corrected chi connectivity index (χ0v) is 30.6. The van der Waals surface area contributed by atoms with Crippen molar-refractivity contribution in [3.05, 3.63) is 60.4 Å². The number of hydrogen-bond donors (Lipinski definition) is 4. The first-order valence-electron chi connectivity index (χ1n) is 17.9. The van der Waals surface area contributed by atoms with E-state index in [1.165, 1.54) is 14.2 Å². The van der Waals surface area contributed by atoms with Crippen molar-refractivity contribution in [3.63, 3.8) is 0 Å². The molecule has 4 atom stereocenters. The number of benzene rings is 2. The lowest BCUT2D eigenvalue weighted by Crippen LogP contribution is -2.51. The lowest BCUT2D eigenvalue weighted by Gasteiger charge is -2.33. The molecule has 2 saturated heterocycles. The van der Waals surface area contributed by atoms with Crippen LogP contribution in [-0.4, -0.2) is 103 Å². The Morgan fingerprint density at radius 3 is 1.77 bits per heavy atom. The van der Waals surface area contributed by atoms with E-state index in [0.717, 1.165) is 63.9 Å². The summed E-state index contributed by atoms with van der Waals surface area (Å²) in [6.07, 6.45) is 5.13. The number of carbonyl (C=O) groups excluding carboxylic acids is 3. The first kappa shape index (κ1) is 36.4. The molecule has 6 rings (SSSR count). The first-order chi connectivity index (χ1) is 24.9. The van der Waals surface area contributed by atoms with E-state index in [2.05, 4.69) is 33.5 Å². The number of fused-ring (bicyclic) bond motifs is 1. The number of aromatic amines is 2. The number of likely N-dealkylation sites (tertiary alicyclic amines) is 2. The number of nitrogens with one attached hydrogen (secondary N) is 3. The topological polar surface area (TPSA) is 177 Å². The average molecular weight is 713 g/mol. The van der Waals surface area contributed by atoms with Crippen LogP contribution in [0.3, 0.4) is 0 Å². The summed E-state index contributed by atoms with van der Waals surface area (Å²) in [7, 11) is 2.73. The molecule has 52 heavy (non-hydrogen) atoms. The van der Waals surface area contributed by atoms with Crippen molar-refractivity contribution in [1.82, 2.24) is 40.0 Å². The molecule has 2 aliphatic heterocycles. The van der Waals surface area contributed by atoms with Crippen LogP contribution in [0.25, 0.3) is 33.3 Å². The zero-order chi connectivity index (χ0) is 37.3. The van der Waals surface area contributed by atoms with Gasteiger partial charge in [-0.1, -0.05) is 52.0 Å². The van der Waals surface area contributed by atoms with Gasteiger partial charge in [0.2, 0.25) is 11.8 Å². The summed E-state index contributed by atoms with van der Waals surface area (Å²) in [6, 6.07) is 10.4. The standard InChI is InChI=1S/C38H48N8O6/c1-21(2)31(43-37(49)52-6)35(47)45-15-7-9-29(45)33-39-19-27(41-33)25-13-11-24-18-26(14-12-23(24)17-25)28-20-40-34(42-28)30-10-8-16-46(30)36(48)32(22(3)4)44(5)38(50)51/h11-14,17-22,29-32H,7-10,15-16H2,1-6H3,(H,39,41)(H,40,42)(H,43,49)(H,50,51)/t29?,30-,31-,32-/m0/s1. The number of carboxylic acid groups (broad SMARTS) is 1. The van der Waals surface area contributed by atoms with Gasteiger partial charge in [0, 0.05) is 43.7 Å². The van der Waals surface area contributed by atoms with Gasteiger partial charge in [0.15, 0.2) is 0 Å². The molecule has 0 bridgehead atoms. The second-order valence-electron chi connectivity index (χ2n) is 14.4. The van der Waals surface area contributed by atoms with Gasteiger partial charge in [-0.3, -0.25) is 14.5 Å². The van der Waals surface area contributed by atoms with Gasteiger partial charge in [-0.25, -0.2) is 19.6 Å². The zero-order valence-electron chi connectivity index (χ0n) is 30.6. The van der Waals surface area contributed by atoms with Crippen molar-refractivity contribution in [2.45, 2.75) is 77.5 Å². The minimum atomic E-state index is -1.13. The van der Waals surface area contributed by atoms with Crippen molar-refractivity contribution in [1.29, 1.82) is 0 Å². The highest BCUT2D eigenvalue weighted by Crippen LogP contribution is 2.36. The molecule has 4 N–H and O–H groups in total. The number of ether oxygens (including phenoxy) is 1. The molecule has 2 aliphatic rings. The van der Waals surface area contributed by atoms with Crippen LogP contribution in [0, 0.1) is 11.8 Å². The van der Waals surface area contributed by atoms with Crippen molar-refractivity contribution in [2.75, 3.05) is 27.2 Å². The third-order valence-corrected chi connectivity index (χ3v) is 10.3. The number of aromatic nitrogens is 4. The van der Waals surface area contributed by atoms with Gasteiger partial charge in [-0.2, -0.15) is 0 Å². The summed E-state index contributed by atoms with van der Waals surface area (Å²) in [5.74, 6) is 0.759. The number of hydrogen-bond acceptors (Lipinski definition) is 7. The highest BCUT2D eigenvalue weighted by Gasteiger charge is 2.40. The summed E-state index contributed by atoms with van der Waals surface area (Å²) < 4.78 is 4.75. The molecule has 2 aromatic heterocycles. The third-order valence-electron chi connectivity index (χ3n) is 10.3. The van der Waals surface area contributed by atoms with Gasteiger partial charge in [0.1, 0.15) is 23.7 Å². The molecule has 0 saturated carbocycles. The Bertz CT molecular complexity index is 1950. The van der Waals surface area contributed by atoms with E-state index in [4.69, 9.17) is 14.7 Å². The summed E-state index contributed by atoms with van der Waals surface area (Å²) in [4.78, 5) is 71.9. The van der Waals surface area contributed by atoms with Crippen LogP contribution in [0.4, 0.5) is 9.59 Å². The van der Waals surface area contributed by atoms with E-state index in [9.17, 15) is 24.3 Å². The average Bonchev–Trinajstić information content (AvgIpc) is 3.95. The number of likely N-dealkylation sites (N-methyl/N-ethyl adjacent to an activating group) is 1. The summed E-state index contributed by atoms with van der Waals surface area (Å²) in [6.45, 7) is 8.64. The Hall–Kier alpha value is -5.40. The predicted molar refractivity (Wildman–Crippen MR) is 195 cm³/mol. The highest BCUT2D eigenvalue weighted by atomic mass is 16.5. The van der Waals surface area contributed by atoms with E-state index in [-0.39, 0.29) is 35.7 Å². The molecule has 14 heteroatoms. The molecular formula is C38H48N8O6. The monoisotopic (exact) mass is 712 g/mol. The SMILES string of the molecule is COC(=O)N[C@H](C(=O)N1CCCC1c1nc(-c2ccc3cc(-c4c[nH]c([C@@H]5CCCN5C(=O)[C@H](C(C)C)N(C)C(=O)O)n4)ccc3c2)c[nH]1)C(C)C. The molecule has 4 aromatic rings. The minimum absolute atomic E-state index is 0.112. The smallest absolute Gasteiger partial charge is 0.407 e. The van der Waals surface area contributed by atoms with Crippen LogP contribution in [-0.2, 0) is 14.3 Å². The molecule has 0 radical (unpaired) electrons. The summed E-state index contributed by atoms with van der Waals surface area (Å²) in [5, 5.41) is 14.3. The normalized spacial score (nSPS) is 18.6. The van der Waals surface area contributed by atoms with Gasteiger partial charge in [-0.15, -0.1) is 0 Å². The van der Waals surface area contributed by atoms with E-state index >= 15 is 0 Å². The predicted octanol–water partition coefficient (Wildman–Crippen LogP) is 5.96. The molecule has 1 unspecified atom stereocenters. The van der Waals surface area contributed by atoms with Gasteiger partial charge < -0.3 is 34.9 Å². The second-order valence-corrected chi connectivity index (χ2v) is 14.4. The van der Waals surface area contributed by atoms with Crippen LogP contribution in [0.2, 0.25) is 0 Å². The molecule has 4 heterocycles. The quantitative estimate of drug-likeness (QED) is 0.156. The van der Waals surface area contributed by atoms with E-state index < -0.39 is 24.3 Å². The van der Waals surface area contributed by atoms with Gasteiger partial charge in [0.25, 0.3) is 0 Å². The number of methoxy groups -OCH3 is 1. The number of amides is 4. The molecule has 276 valence electrons. The fraction of sp³-hybridized carbons (Fsp3) is 0.474. The molecule has 0 spiro atoms. The maximum absolute atomic E-state index is 13.6. The van der Waals surface area contributed by atoms with Crippen LogP contribution in [0.15, 0.2) is 48.8 Å². The van der Waals surface area contributed by atoms with Crippen LogP contribution in [0.1, 0.15) is 77.1 Å². The number of alkyl carbamates (subject to hydrolysis) is 1. The lowest BCUT2D eigenvalue weighted by molar-refractivity contribution is -0.138.